The molecule has 2 N–H and O–H groups in total. The van der Waals surface area contributed by atoms with Crippen LogP contribution in [0.15, 0.2) is 66.7 Å². The van der Waals surface area contributed by atoms with Crippen LogP contribution in [0.4, 0.5) is 5.69 Å². The van der Waals surface area contributed by atoms with Gasteiger partial charge in [-0.1, -0.05) is 24.3 Å². The molecule has 0 atom stereocenters. The molecule has 6 nitrogen and oxygen atoms in total. The van der Waals surface area contributed by atoms with Gasteiger partial charge in [-0.15, -0.1) is 0 Å². The van der Waals surface area contributed by atoms with Gasteiger partial charge in [-0.05, 0) is 97.7 Å². The molecule has 5 rings (SSSR count). The van der Waals surface area contributed by atoms with Crippen LogP contribution in [0.5, 0.6) is 5.75 Å². The topological polar surface area (TPSA) is 70.7 Å². The van der Waals surface area contributed by atoms with E-state index in [-0.39, 0.29) is 11.8 Å². The standard InChI is InChI=1S/C32H37N3O3/c36-31-26-11-7-9-24(19-26)20-28-22-27(13-14-30(28)38-18-6-1-3-15-33-31)32(37)34-23-25-10-8-12-29(21-25)35-16-4-2-5-17-35/h7-14,19,21-22H,1-6,15-18,20,23H2,(H,33,36)(H,34,37). The van der Waals surface area contributed by atoms with E-state index < -0.39 is 0 Å². The Morgan fingerprint density at radius 3 is 2.63 bits per heavy atom. The fourth-order valence-corrected chi connectivity index (χ4v) is 5.23. The SMILES string of the molecule is O=C1NCCCCCOc2ccc(C(=O)NCc3cccc(N4CCCCC4)c3)cc2Cc2cccc1c2. The van der Waals surface area contributed by atoms with Crippen LogP contribution >= 0.6 is 0 Å². The number of hydrogen-bond donors (Lipinski definition) is 2. The first-order valence-electron chi connectivity index (χ1n) is 13.9. The number of fused-ring (bicyclic) bond motifs is 3. The Balaban J connectivity index is 1.31. The third kappa shape index (κ3) is 6.74. The molecule has 1 fully saturated rings. The Hall–Kier alpha value is -3.80. The van der Waals surface area contributed by atoms with Crippen molar-refractivity contribution in [3.05, 3.63) is 94.5 Å². The van der Waals surface area contributed by atoms with Crippen molar-refractivity contribution in [2.24, 2.45) is 0 Å². The Morgan fingerprint density at radius 2 is 1.74 bits per heavy atom. The molecule has 2 amide bonds. The highest BCUT2D eigenvalue weighted by atomic mass is 16.5. The van der Waals surface area contributed by atoms with Gasteiger partial charge in [0.05, 0.1) is 6.61 Å². The number of hydrogen-bond acceptors (Lipinski definition) is 4. The van der Waals surface area contributed by atoms with Crippen molar-refractivity contribution in [3.8, 4) is 5.75 Å². The van der Waals surface area contributed by atoms with E-state index in [1.807, 2.05) is 42.5 Å². The number of rotatable bonds is 4. The third-order valence-corrected chi connectivity index (χ3v) is 7.36. The zero-order valence-electron chi connectivity index (χ0n) is 22.0. The highest BCUT2D eigenvalue weighted by molar-refractivity contribution is 5.95. The van der Waals surface area contributed by atoms with Crippen molar-refractivity contribution in [2.45, 2.75) is 51.5 Å². The minimum absolute atomic E-state index is 0.0436. The number of carbonyl (C=O) groups excluding carboxylic acids is 2. The lowest BCUT2D eigenvalue weighted by Gasteiger charge is -2.29. The summed E-state index contributed by atoms with van der Waals surface area (Å²) in [5, 5.41) is 6.10. The Bertz CT molecular complexity index is 1270. The van der Waals surface area contributed by atoms with E-state index in [0.29, 0.717) is 37.2 Å². The molecule has 0 saturated carbocycles. The van der Waals surface area contributed by atoms with Crippen molar-refractivity contribution in [1.29, 1.82) is 0 Å². The Labute approximate surface area is 225 Å². The van der Waals surface area contributed by atoms with Crippen molar-refractivity contribution in [1.82, 2.24) is 10.6 Å². The first-order valence-corrected chi connectivity index (χ1v) is 13.9. The summed E-state index contributed by atoms with van der Waals surface area (Å²) in [4.78, 5) is 28.1. The molecule has 38 heavy (non-hydrogen) atoms. The maximum Gasteiger partial charge on any atom is 0.251 e. The van der Waals surface area contributed by atoms with Crippen LogP contribution in [-0.2, 0) is 13.0 Å². The molecule has 198 valence electrons. The highest BCUT2D eigenvalue weighted by Gasteiger charge is 2.15. The second kappa shape index (κ2) is 12.6. The molecule has 0 radical (unpaired) electrons. The molecule has 2 bridgehead atoms. The molecule has 3 aromatic rings. The van der Waals surface area contributed by atoms with Gasteiger partial charge in [0.2, 0.25) is 0 Å². The molecule has 2 aliphatic rings. The number of nitrogens with zero attached hydrogens (tertiary/aromatic N) is 1. The second-order valence-electron chi connectivity index (χ2n) is 10.3. The molecule has 0 aromatic heterocycles. The van der Waals surface area contributed by atoms with E-state index in [1.54, 1.807) is 0 Å². The van der Waals surface area contributed by atoms with Crippen LogP contribution in [0, 0.1) is 0 Å². The van der Waals surface area contributed by atoms with E-state index >= 15 is 0 Å². The number of piperidine rings is 1. The van der Waals surface area contributed by atoms with Crippen LogP contribution in [0.1, 0.15) is 75.9 Å². The number of ether oxygens (including phenoxy) is 1. The van der Waals surface area contributed by atoms with Gasteiger partial charge in [0.25, 0.3) is 11.8 Å². The zero-order chi connectivity index (χ0) is 26.2. The number of anilines is 1. The Morgan fingerprint density at radius 1 is 0.895 bits per heavy atom. The molecule has 1 saturated heterocycles. The number of carbonyl (C=O) groups is 2. The van der Waals surface area contributed by atoms with E-state index in [9.17, 15) is 9.59 Å². The fraction of sp³-hybridized carbons (Fsp3) is 0.375. The molecule has 0 spiro atoms. The molecule has 0 aliphatic carbocycles. The van der Waals surface area contributed by atoms with Crippen molar-refractivity contribution < 1.29 is 14.3 Å². The summed E-state index contributed by atoms with van der Waals surface area (Å²) < 4.78 is 6.14. The van der Waals surface area contributed by atoms with Crippen LogP contribution in [0.25, 0.3) is 0 Å². The Kier molecular flexibility index (Phi) is 8.59. The lowest BCUT2D eigenvalue weighted by molar-refractivity contribution is 0.0944. The van der Waals surface area contributed by atoms with E-state index in [0.717, 1.165) is 54.8 Å². The van der Waals surface area contributed by atoms with Gasteiger partial charge >= 0.3 is 0 Å². The zero-order valence-corrected chi connectivity index (χ0v) is 22.0. The number of amides is 2. The van der Waals surface area contributed by atoms with Gasteiger partial charge in [0, 0.05) is 49.4 Å². The van der Waals surface area contributed by atoms with Crippen molar-refractivity contribution >= 4 is 17.5 Å². The molecule has 0 unspecified atom stereocenters. The van der Waals surface area contributed by atoms with Crippen LogP contribution < -0.4 is 20.3 Å². The number of benzene rings is 3. The average molecular weight is 512 g/mol. The molecular weight excluding hydrogens is 474 g/mol. The summed E-state index contributed by atoms with van der Waals surface area (Å²) in [6.07, 6.45) is 7.17. The summed E-state index contributed by atoms with van der Waals surface area (Å²) in [5.74, 6) is 0.643. The normalized spacial score (nSPS) is 16.4. The predicted octanol–water partition coefficient (Wildman–Crippen LogP) is 5.49. The molecule has 6 heteroatoms. The second-order valence-corrected chi connectivity index (χ2v) is 10.3. The number of nitrogens with one attached hydrogen (secondary N) is 2. The lowest BCUT2D eigenvalue weighted by Crippen LogP contribution is -2.29. The van der Waals surface area contributed by atoms with Gasteiger partial charge in [-0.3, -0.25) is 9.59 Å². The van der Waals surface area contributed by atoms with Crippen molar-refractivity contribution in [3.63, 3.8) is 0 Å². The van der Waals surface area contributed by atoms with E-state index in [1.165, 1.54) is 24.9 Å². The first kappa shape index (κ1) is 25.8. The summed E-state index contributed by atoms with van der Waals surface area (Å²) >= 11 is 0. The fourth-order valence-electron chi connectivity index (χ4n) is 5.23. The molecule has 2 heterocycles. The van der Waals surface area contributed by atoms with E-state index in [4.69, 9.17) is 4.74 Å². The van der Waals surface area contributed by atoms with Gasteiger partial charge < -0.3 is 20.3 Å². The maximum absolute atomic E-state index is 13.2. The van der Waals surface area contributed by atoms with Gasteiger partial charge in [0.1, 0.15) is 5.75 Å². The molecular formula is C32H37N3O3. The van der Waals surface area contributed by atoms with E-state index in [2.05, 4.69) is 39.8 Å². The van der Waals surface area contributed by atoms with Crippen LogP contribution in [0.2, 0.25) is 0 Å². The van der Waals surface area contributed by atoms with Gasteiger partial charge in [-0.25, -0.2) is 0 Å². The average Bonchev–Trinajstić information content (AvgIpc) is 2.96. The molecule has 3 aromatic carbocycles. The predicted molar refractivity (Wildman–Crippen MR) is 151 cm³/mol. The smallest absolute Gasteiger partial charge is 0.251 e. The maximum atomic E-state index is 13.2. The monoisotopic (exact) mass is 511 g/mol. The minimum Gasteiger partial charge on any atom is -0.493 e. The van der Waals surface area contributed by atoms with Gasteiger partial charge in [-0.2, -0.15) is 0 Å². The quantitative estimate of drug-likeness (QED) is 0.486. The summed E-state index contributed by atoms with van der Waals surface area (Å²) in [7, 11) is 0. The lowest BCUT2D eigenvalue weighted by atomic mass is 9.99. The first-order chi connectivity index (χ1) is 18.7. The van der Waals surface area contributed by atoms with Crippen LogP contribution in [0.3, 0.4) is 0 Å². The molecule has 2 aliphatic heterocycles. The summed E-state index contributed by atoms with van der Waals surface area (Å²) in [5.41, 5.74) is 5.54. The third-order valence-electron chi connectivity index (χ3n) is 7.36. The highest BCUT2D eigenvalue weighted by Crippen LogP contribution is 2.25. The largest absolute Gasteiger partial charge is 0.493 e. The summed E-state index contributed by atoms with van der Waals surface area (Å²) in [6, 6.07) is 21.8. The minimum atomic E-state index is -0.108. The van der Waals surface area contributed by atoms with Crippen molar-refractivity contribution in [2.75, 3.05) is 31.1 Å². The summed E-state index contributed by atoms with van der Waals surface area (Å²) in [6.45, 7) is 3.95. The van der Waals surface area contributed by atoms with Gasteiger partial charge in [0.15, 0.2) is 0 Å². The van der Waals surface area contributed by atoms with Crippen LogP contribution in [-0.4, -0.2) is 38.1 Å².